The zero-order valence-corrected chi connectivity index (χ0v) is 33.5. The molecule has 2 aliphatic carbocycles. The molecule has 278 valence electrons. The van der Waals surface area contributed by atoms with Gasteiger partial charge in [-0.2, -0.15) is 0 Å². The van der Waals surface area contributed by atoms with E-state index in [2.05, 4.69) is 202 Å². The summed E-state index contributed by atoms with van der Waals surface area (Å²) in [6.07, 6.45) is 6.19. The molecule has 2 nitrogen and oxygen atoms in total. The number of rotatable bonds is 8. The SMILES string of the molecule is CCC1CCCC2(C1)c1cc(-c3ccc(N(c4ccc(C)cc4)c4ccc(C)cc4)cc3)ccc1-c1ccc(N(c3ccc(C)cc3)c3ccc(C)cc3)cc12. The average molecular weight is 729 g/mol. The Hall–Kier alpha value is -5.86. The van der Waals surface area contributed by atoms with E-state index in [1.54, 1.807) is 0 Å². The standard InChI is InChI=1S/C54H52N2/c1-6-41-8-7-33-54(36-41)52-34-43(42-17-28-48(29-18-42)55(44-20-9-37(2)10-21-44)45-22-11-38(3)12-23-45)19-31-50(52)51-32-30-49(35-53(51)54)56(46-24-13-39(4)14-25-46)47-26-15-40(5)16-27-47/h9-32,34-35,41H,6-8,33,36H2,1-5H3. The van der Waals surface area contributed by atoms with Crippen molar-refractivity contribution in [3.05, 3.63) is 191 Å². The number of fused-ring (bicyclic) bond motifs is 5. The van der Waals surface area contributed by atoms with Gasteiger partial charge in [0.25, 0.3) is 0 Å². The van der Waals surface area contributed by atoms with E-state index in [4.69, 9.17) is 0 Å². The van der Waals surface area contributed by atoms with Crippen molar-refractivity contribution >= 4 is 34.1 Å². The van der Waals surface area contributed by atoms with Gasteiger partial charge in [0.05, 0.1) is 0 Å². The quantitative estimate of drug-likeness (QED) is 0.154. The van der Waals surface area contributed by atoms with E-state index in [-0.39, 0.29) is 5.41 Å². The van der Waals surface area contributed by atoms with Crippen molar-refractivity contribution in [3.63, 3.8) is 0 Å². The molecule has 9 rings (SSSR count). The largest absolute Gasteiger partial charge is 0.311 e. The van der Waals surface area contributed by atoms with Crippen LogP contribution in [-0.4, -0.2) is 0 Å². The van der Waals surface area contributed by atoms with Crippen LogP contribution >= 0.6 is 0 Å². The second-order valence-corrected chi connectivity index (χ2v) is 16.5. The maximum Gasteiger partial charge on any atom is 0.0465 e. The van der Waals surface area contributed by atoms with E-state index in [1.165, 1.54) is 105 Å². The van der Waals surface area contributed by atoms with Crippen LogP contribution in [0, 0.1) is 33.6 Å². The Bertz CT molecular complexity index is 2380. The lowest BCUT2D eigenvalue weighted by atomic mass is 9.63. The van der Waals surface area contributed by atoms with Gasteiger partial charge in [0, 0.05) is 39.5 Å². The highest BCUT2D eigenvalue weighted by Crippen LogP contribution is 2.59. The minimum Gasteiger partial charge on any atom is -0.311 e. The predicted molar refractivity (Wildman–Crippen MR) is 239 cm³/mol. The normalized spacial score (nSPS) is 17.1. The molecule has 0 saturated heterocycles. The number of nitrogens with zero attached hydrogens (tertiary/aromatic N) is 2. The minimum atomic E-state index is -0.00451. The third-order valence-corrected chi connectivity index (χ3v) is 12.7. The lowest BCUT2D eigenvalue weighted by molar-refractivity contribution is 0.255. The molecular weight excluding hydrogens is 677 g/mol. The van der Waals surface area contributed by atoms with Crippen LogP contribution in [0.2, 0.25) is 0 Å². The van der Waals surface area contributed by atoms with Crippen molar-refractivity contribution < 1.29 is 0 Å². The maximum atomic E-state index is 2.55. The Kier molecular flexibility index (Phi) is 9.38. The molecule has 1 spiro atoms. The average Bonchev–Trinajstić information content (AvgIpc) is 3.48. The maximum absolute atomic E-state index is 2.55. The van der Waals surface area contributed by atoms with E-state index in [0.717, 1.165) is 17.1 Å². The van der Waals surface area contributed by atoms with Crippen LogP contribution in [0.4, 0.5) is 34.1 Å². The van der Waals surface area contributed by atoms with E-state index in [1.807, 2.05) is 0 Å². The first-order chi connectivity index (χ1) is 27.3. The molecule has 0 aliphatic heterocycles. The van der Waals surface area contributed by atoms with Crippen molar-refractivity contribution in [3.8, 4) is 22.3 Å². The zero-order chi connectivity index (χ0) is 38.4. The van der Waals surface area contributed by atoms with E-state index < -0.39 is 0 Å². The van der Waals surface area contributed by atoms with Gasteiger partial charge in [0.2, 0.25) is 0 Å². The molecule has 7 aromatic rings. The van der Waals surface area contributed by atoms with Crippen LogP contribution in [-0.2, 0) is 5.41 Å². The summed E-state index contributed by atoms with van der Waals surface area (Å²) in [4.78, 5) is 4.80. The summed E-state index contributed by atoms with van der Waals surface area (Å²) < 4.78 is 0. The first-order valence-corrected chi connectivity index (χ1v) is 20.6. The number of hydrogen-bond donors (Lipinski definition) is 0. The van der Waals surface area contributed by atoms with Gasteiger partial charge < -0.3 is 9.80 Å². The number of anilines is 6. The van der Waals surface area contributed by atoms with Gasteiger partial charge in [-0.3, -0.25) is 0 Å². The van der Waals surface area contributed by atoms with Gasteiger partial charge in [-0.05, 0) is 159 Å². The number of hydrogen-bond acceptors (Lipinski definition) is 2. The highest BCUT2D eigenvalue weighted by molar-refractivity contribution is 5.88. The Morgan fingerprint density at radius 3 is 1.29 bits per heavy atom. The molecule has 0 bridgehead atoms. The Morgan fingerprint density at radius 2 is 0.821 bits per heavy atom. The summed E-state index contributed by atoms with van der Waals surface area (Å²) in [5, 5.41) is 0. The monoisotopic (exact) mass is 728 g/mol. The lowest BCUT2D eigenvalue weighted by Gasteiger charge is -2.40. The fourth-order valence-corrected chi connectivity index (χ4v) is 9.50. The third-order valence-electron chi connectivity index (χ3n) is 12.7. The zero-order valence-electron chi connectivity index (χ0n) is 33.5. The number of benzene rings is 7. The first kappa shape index (κ1) is 35.8. The highest BCUT2D eigenvalue weighted by atomic mass is 15.1. The molecule has 1 fully saturated rings. The Morgan fingerprint density at radius 1 is 0.446 bits per heavy atom. The lowest BCUT2D eigenvalue weighted by Crippen LogP contribution is -2.32. The molecule has 7 aromatic carbocycles. The summed E-state index contributed by atoms with van der Waals surface area (Å²) in [5.74, 6) is 0.717. The van der Waals surface area contributed by atoms with Gasteiger partial charge in [0.15, 0.2) is 0 Å². The molecule has 0 aromatic heterocycles. The summed E-state index contributed by atoms with van der Waals surface area (Å²) in [6.45, 7) is 11.0. The van der Waals surface area contributed by atoms with Crippen LogP contribution in [0.1, 0.15) is 72.4 Å². The third kappa shape index (κ3) is 6.52. The summed E-state index contributed by atoms with van der Waals surface area (Å²) in [6, 6.07) is 59.5. The van der Waals surface area contributed by atoms with Crippen LogP contribution in [0.15, 0.2) is 158 Å². The first-order valence-electron chi connectivity index (χ1n) is 20.6. The molecule has 2 unspecified atom stereocenters. The van der Waals surface area contributed by atoms with Gasteiger partial charge in [0.1, 0.15) is 0 Å². The van der Waals surface area contributed by atoms with Crippen molar-refractivity contribution in [2.45, 2.75) is 72.1 Å². The van der Waals surface area contributed by atoms with Crippen molar-refractivity contribution in [1.82, 2.24) is 0 Å². The van der Waals surface area contributed by atoms with Crippen LogP contribution in [0.25, 0.3) is 22.3 Å². The molecule has 2 atom stereocenters. The van der Waals surface area contributed by atoms with Gasteiger partial charge >= 0.3 is 0 Å². The molecule has 0 amide bonds. The van der Waals surface area contributed by atoms with Gasteiger partial charge in [-0.1, -0.05) is 127 Å². The molecule has 0 N–H and O–H groups in total. The molecule has 1 saturated carbocycles. The smallest absolute Gasteiger partial charge is 0.0465 e. The van der Waals surface area contributed by atoms with Crippen LogP contribution in [0.5, 0.6) is 0 Å². The Labute approximate surface area is 334 Å². The molecule has 0 heterocycles. The molecule has 56 heavy (non-hydrogen) atoms. The van der Waals surface area contributed by atoms with E-state index >= 15 is 0 Å². The Balaban J connectivity index is 1.12. The van der Waals surface area contributed by atoms with E-state index in [0.29, 0.717) is 5.92 Å². The molecule has 2 aliphatic rings. The van der Waals surface area contributed by atoms with Crippen molar-refractivity contribution in [2.24, 2.45) is 5.92 Å². The van der Waals surface area contributed by atoms with E-state index in [9.17, 15) is 0 Å². The fraction of sp³-hybridized carbons (Fsp3) is 0.222. The molecule has 0 radical (unpaired) electrons. The van der Waals surface area contributed by atoms with Crippen molar-refractivity contribution in [1.29, 1.82) is 0 Å². The van der Waals surface area contributed by atoms with Crippen LogP contribution < -0.4 is 9.80 Å². The number of aryl methyl sites for hydroxylation is 4. The topological polar surface area (TPSA) is 6.48 Å². The molecule has 2 heteroatoms. The highest BCUT2D eigenvalue weighted by Gasteiger charge is 2.46. The fourth-order valence-electron chi connectivity index (χ4n) is 9.50. The second-order valence-electron chi connectivity index (χ2n) is 16.5. The summed E-state index contributed by atoms with van der Waals surface area (Å²) >= 11 is 0. The summed E-state index contributed by atoms with van der Waals surface area (Å²) in [7, 11) is 0. The second kappa shape index (κ2) is 14.7. The van der Waals surface area contributed by atoms with Crippen molar-refractivity contribution in [2.75, 3.05) is 9.80 Å². The predicted octanol–water partition coefficient (Wildman–Crippen LogP) is 15.4. The van der Waals surface area contributed by atoms with Gasteiger partial charge in [-0.15, -0.1) is 0 Å². The van der Waals surface area contributed by atoms with Crippen LogP contribution in [0.3, 0.4) is 0 Å². The minimum absolute atomic E-state index is 0.00451. The summed E-state index contributed by atoms with van der Waals surface area (Å²) in [5.41, 5.74) is 20.5. The van der Waals surface area contributed by atoms with Gasteiger partial charge in [-0.25, -0.2) is 0 Å². The molecular formula is C54H52N2.